The minimum Gasteiger partial charge on any atom is -0.127 e. The first-order valence-electron chi connectivity index (χ1n) is 3.64. The zero-order valence-corrected chi connectivity index (χ0v) is 9.95. The van der Waals surface area contributed by atoms with Crippen LogP contribution in [0.3, 0.4) is 0 Å². The second kappa shape index (κ2) is 3.70. The van der Waals surface area contributed by atoms with Crippen LogP contribution in [-0.2, 0) is 0 Å². The fourth-order valence-electron chi connectivity index (χ4n) is 1.21. The molecule has 0 fully saturated rings. The van der Waals surface area contributed by atoms with Crippen LogP contribution in [0.1, 0.15) is 0 Å². The lowest BCUT2D eigenvalue weighted by molar-refractivity contribution is 1.66. The Balaban J connectivity index is 2.79. The average molecular weight is 249 g/mol. The Bertz CT molecular complexity index is 448. The van der Waals surface area contributed by atoms with Crippen molar-refractivity contribution in [3.05, 3.63) is 27.6 Å². The van der Waals surface area contributed by atoms with Crippen molar-refractivity contribution < 1.29 is 0 Å². The molecule has 1 aromatic heterocycles. The van der Waals surface area contributed by atoms with Crippen molar-refractivity contribution in [2.75, 3.05) is 6.26 Å². The third kappa shape index (κ3) is 1.68. The first-order chi connectivity index (χ1) is 6.22. The summed E-state index contributed by atoms with van der Waals surface area (Å²) in [5.74, 6) is 0. The number of hydrogen-bond donors (Lipinski definition) is 0. The van der Waals surface area contributed by atoms with Crippen LogP contribution in [0.15, 0.2) is 23.1 Å². The molecule has 13 heavy (non-hydrogen) atoms. The molecule has 1 heterocycles. The summed E-state index contributed by atoms with van der Waals surface area (Å²) in [4.78, 5) is 1.15. The van der Waals surface area contributed by atoms with Gasteiger partial charge in [-0.05, 0) is 18.4 Å². The average Bonchev–Trinajstić information content (AvgIpc) is 2.39. The summed E-state index contributed by atoms with van der Waals surface area (Å²) in [6.07, 6.45) is 2.03. The van der Waals surface area contributed by atoms with Crippen molar-refractivity contribution in [3.8, 4) is 0 Å². The van der Waals surface area contributed by atoms with E-state index in [0.717, 1.165) is 19.0 Å². The molecule has 0 spiro atoms. The van der Waals surface area contributed by atoms with E-state index in [1.54, 1.807) is 23.1 Å². The van der Waals surface area contributed by atoms with E-state index in [9.17, 15) is 0 Å². The highest BCUT2D eigenvalue weighted by atomic mass is 35.5. The lowest BCUT2D eigenvalue weighted by atomic mass is 10.3. The quantitative estimate of drug-likeness (QED) is 0.646. The molecule has 0 bridgehead atoms. The number of halogens is 2. The van der Waals surface area contributed by atoms with Crippen LogP contribution in [0.4, 0.5) is 0 Å². The van der Waals surface area contributed by atoms with Gasteiger partial charge in [-0.25, -0.2) is 0 Å². The molecule has 2 rings (SSSR count). The van der Waals surface area contributed by atoms with Crippen LogP contribution >= 0.6 is 46.3 Å². The summed E-state index contributed by atoms with van der Waals surface area (Å²) in [7, 11) is 0. The summed E-state index contributed by atoms with van der Waals surface area (Å²) < 4.78 is 2.01. The normalized spacial score (nSPS) is 11.0. The molecule has 0 N–H and O–H groups in total. The molecule has 0 amide bonds. The molecule has 0 unspecified atom stereocenters. The van der Waals surface area contributed by atoms with Gasteiger partial charge in [0.1, 0.15) is 4.34 Å². The second-order valence-corrected chi connectivity index (χ2v) is 5.46. The summed E-state index contributed by atoms with van der Waals surface area (Å²) in [5, 5.41) is 1.96. The smallest absolute Gasteiger partial charge is 0.108 e. The standard InChI is InChI=1S/C9H6Cl2S2/c1-12-8-6-3-2-5(10)4-7(6)13-9(8)11/h2-4H,1H3. The number of thioether (sulfide) groups is 1. The fourth-order valence-corrected chi connectivity index (χ4v) is 3.89. The molecule has 0 saturated heterocycles. The highest BCUT2D eigenvalue weighted by Crippen LogP contribution is 2.41. The van der Waals surface area contributed by atoms with Crippen molar-refractivity contribution in [1.82, 2.24) is 0 Å². The SMILES string of the molecule is CSc1c(Cl)sc2cc(Cl)ccc12. The van der Waals surface area contributed by atoms with Crippen molar-refractivity contribution >= 4 is 56.4 Å². The van der Waals surface area contributed by atoms with E-state index >= 15 is 0 Å². The Morgan fingerprint density at radius 3 is 2.77 bits per heavy atom. The van der Waals surface area contributed by atoms with Gasteiger partial charge in [-0.1, -0.05) is 29.3 Å². The van der Waals surface area contributed by atoms with Crippen LogP contribution in [0.5, 0.6) is 0 Å². The lowest BCUT2D eigenvalue weighted by Gasteiger charge is -1.94. The summed E-state index contributed by atoms with van der Waals surface area (Å²) in [6.45, 7) is 0. The van der Waals surface area contributed by atoms with Crippen LogP contribution in [-0.4, -0.2) is 6.26 Å². The summed E-state index contributed by atoms with van der Waals surface area (Å²) in [6, 6.07) is 5.87. The van der Waals surface area contributed by atoms with E-state index < -0.39 is 0 Å². The third-order valence-corrected chi connectivity index (χ3v) is 4.44. The molecule has 68 valence electrons. The van der Waals surface area contributed by atoms with Gasteiger partial charge in [0.05, 0.1) is 0 Å². The van der Waals surface area contributed by atoms with Gasteiger partial charge < -0.3 is 0 Å². The first-order valence-corrected chi connectivity index (χ1v) is 6.43. The maximum absolute atomic E-state index is 6.07. The Morgan fingerprint density at radius 2 is 2.08 bits per heavy atom. The first kappa shape index (κ1) is 9.66. The van der Waals surface area contributed by atoms with Crippen LogP contribution in [0.2, 0.25) is 9.36 Å². The maximum Gasteiger partial charge on any atom is 0.108 e. The lowest BCUT2D eigenvalue weighted by Crippen LogP contribution is -1.67. The number of fused-ring (bicyclic) bond motifs is 1. The predicted octanol–water partition coefficient (Wildman–Crippen LogP) is 4.93. The Kier molecular flexibility index (Phi) is 2.75. The van der Waals surface area contributed by atoms with Crippen molar-refractivity contribution in [3.63, 3.8) is 0 Å². The van der Waals surface area contributed by atoms with E-state index in [4.69, 9.17) is 23.2 Å². The Morgan fingerprint density at radius 1 is 1.31 bits per heavy atom. The fraction of sp³-hybridized carbons (Fsp3) is 0.111. The van der Waals surface area contributed by atoms with E-state index in [-0.39, 0.29) is 0 Å². The van der Waals surface area contributed by atoms with E-state index in [0.29, 0.717) is 0 Å². The molecule has 0 aliphatic carbocycles. The molecular weight excluding hydrogens is 243 g/mol. The van der Waals surface area contributed by atoms with Gasteiger partial charge in [-0.2, -0.15) is 0 Å². The molecule has 1 aromatic carbocycles. The van der Waals surface area contributed by atoms with Crippen LogP contribution < -0.4 is 0 Å². The molecule has 0 aliphatic rings. The molecule has 2 aromatic rings. The van der Waals surface area contributed by atoms with Gasteiger partial charge in [-0.15, -0.1) is 23.1 Å². The number of hydrogen-bond acceptors (Lipinski definition) is 2. The highest BCUT2D eigenvalue weighted by molar-refractivity contribution is 7.99. The van der Waals surface area contributed by atoms with Gasteiger partial charge in [0.25, 0.3) is 0 Å². The van der Waals surface area contributed by atoms with Crippen LogP contribution in [0, 0.1) is 0 Å². The summed E-state index contributed by atoms with van der Waals surface area (Å²) in [5.41, 5.74) is 0. The van der Waals surface area contributed by atoms with Gasteiger partial charge in [0.15, 0.2) is 0 Å². The monoisotopic (exact) mass is 248 g/mol. The molecular formula is C9H6Cl2S2. The number of rotatable bonds is 1. The molecule has 0 aliphatic heterocycles. The van der Waals surface area contributed by atoms with Crippen molar-refractivity contribution in [1.29, 1.82) is 0 Å². The molecule has 0 atom stereocenters. The van der Waals surface area contributed by atoms with Gasteiger partial charge in [-0.3, -0.25) is 0 Å². The maximum atomic E-state index is 6.07. The van der Waals surface area contributed by atoms with Gasteiger partial charge in [0.2, 0.25) is 0 Å². The molecule has 0 nitrogen and oxygen atoms in total. The van der Waals surface area contributed by atoms with Crippen LogP contribution in [0.25, 0.3) is 10.1 Å². The Hall–Kier alpha value is 0.110. The Labute approximate surface area is 94.8 Å². The van der Waals surface area contributed by atoms with Crippen molar-refractivity contribution in [2.24, 2.45) is 0 Å². The molecule has 0 radical (unpaired) electrons. The van der Waals surface area contributed by atoms with E-state index in [2.05, 4.69) is 0 Å². The zero-order valence-electron chi connectivity index (χ0n) is 6.80. The molecule has 0 saturated carbocycles. The van der Waals surface area contributed by atoms with E-state index in [1.165, 1.54) is 5.39 Å². The minimum atomic E-state index is 0.762. The minimum absolute atomic E-state index is 0.762. The number of thiophene rings is 1. The third-order valence-electron chi connectivity index (χ3n) is 1.77. The molecule has 4 heteroatoms. The number of benzene rings is 1. The zero-order chi connectivity index (χ0) is 9.42. The predicted molar refractivity (Wildman–Crippen MR) is 63.6 cm³/mol. The van der Waals surface area contributed by atoms with Gasteiger partial charge in [0, 0.05) is 20.0 Å². The van der Waals surface area contributed by atoms with Crippen molar-refractivity contribution in [2.45, 2.75) is 4.90 Å². The summed E-state index contributed by atoms with van der Waals surface area (Å²) >= 11 is 15.2. The topological polar surface area (TPSA) is 0 Å². The van der Waals surface area contributed by atoms with Gasteiger partial charge >= 0.3 is 0 Å². The largest absolute Gasteiger partial charge is 0.127 e. The second-order valence-electron chi connectivity index (χ2n) is 2.55. The van der Waals surface area contributed by atoms with E-state index in [1.807, 2.05) is 24.5 Å². The highest BCUT2D eigenvalue weighted by Gasteiger charge is 2.09.